The second kappa shape index (κ2) is 8.85. The fourth-order valence-corrected chi connectivity index (χ4v) is 4.66. The standard InChI is InChI=1S/C20H24N5O6P/c1-31-18-17-14(12-22-25(20(17)27)19(26)15-3-2-7-21-15)11-16(23-18)24-8-4-13(5-9-24)6-10-32(28,29)30/h2-3,7,11-13,21H,4-6,8-10H2,1H3,(H2,28,29,30). The van der Waals surface area contributed by atoms with Gasteiger partial charge in [-0.1, -0.05) is 0 Å². The van der Waals surface area contributed by atoms with Gasteiger partial charge < -0.3 is 24.4 Å². The van der Waals surface area contributed by atoms with Gasteiger partial charge in [0.05, 0.1) is 19.5 Å². The second-order valence-corrected chi connectivity index (χ2v) is 9.59. The SMILES string of the molecule is COc1nc(N2CCC(CCP(=O)(O)O)CC2)cc2cnn(C(=O)c3ccc[nH]3)c(=O)c12. The van der Waals surface area contributed by atoms with E-state index in [1.807, 2.05) is 4.90 Å². The number of pyridine rings is 1. The van der Waals surface area contributed by atoms with Crippen molar-refractivity contribution in [2.45, 2.75) is 19.3 Å². The molecule has 4 heterocycles. The zero-order valence-electron chi connectivity index (χ0n) is 17.5. The minimum Gasteiger partial charge on any atom is -0.480 e. The summed E-state index contributed by atoms with van der Waals surface area (Å²) in [5.74, 6) is 0.401. The van der Waals surface area contributed by atoms with Crippen LogP contribution >= 0.6 is 7.60 Å². The number of fused-ring (bicyclic) bond motifs is 1. The maximum Gasteiger partial charge on any atom is 0.325 e. The Morgan fingerprint density at radius 1 is 1.34 bits per heavy atom. The van der Waals surface area contributed by atoms with Gasteiger partial charge in [0.25, 0.3) is 11.5 Å². The summed E-state index contributed by atoms with van der Waals surface area (Å²) >= 11 is 0. The molecule has 0 bridgehead atoms. The Morgan fingerprint density at radius 2 is 2.09 bits per heavy atom. The normalized spacial score (nSPS) is 15.3. The lowest BCUT2D eigenvalue weighted by Crippen LogP contribution is -2.35. The summed E-state index contributed by atoms with van der Waals surface area (Å²) in [5.41, 5.74) is -0.377. The molecule has 32 heavy (non-hydrogen) atoms. The third kappa shape index (κ3) is 4.59. The maximum absolute atomic E-state index is 13.0. The molecule has 1 aliphatic rings. The van der Waals surface area contributed by atoms with Crippen molar-refractivity contribution >= 4 is 30.1 Å². The average Bonchev–Trinajstić information content (AvgIpc) is 3.31. The van der Waals surface area contributed by atoms with Crippen molar-refractivity contribution < 1.29 is 23.9 Å². The molecule has 0 aliphatic carbocycles. The molecule has 1 saturated heterocycles. The number of H-pyrrole nitrogens is 1. The fraction of sp³-hybridized carbons (Fsp3) is 0.400. The van der Waals surface area contributed by atoms with Crippen LogP contribution in [0.4, 0.5) is 5.82 Å². The van der Waals surface area contributed by atoms with Gasteiger partial charge in [0.15, 0.2) is 0 Å². The number of piperidine rings is 1. The lowest BCUT2D eigenvalue weighted by atomic mass is 9.94. The molecule has 0 aromatic carbocycles. The molecule has 11 nitrogen and oxygen atoms in total. The van der Waals surface area contributed by atoms with Crippen LogP contribution in [0, 0.1) is 5.92 Å². The van der Waals surface area contributed by atoms with Crippen molar-refractivity contribution in [1.29, 1.82) is 0 Å². The number of aromatic amines is 1. The van der Waals surface area contributed by atoms with E-state index in [1.54, 1.807) is 24.4 Å². The molecule has 12 heteroatoms. The van der Waals surface area contributed by atoms with Crippen molar-refractivity contribution in [3.8, 4) is 5.88 Å². The largest absolute Gasteiger partial charge is 0.480 e. The molecule has 0 saturated carbocycles. The molecule has 1 fully saturated rings. The van der Waals surface area contributed by atoms with Gasteiger partial charge in [-0.05, 0) is 43.4 Å². The number of hydrogen-bond donors (Lipinski definition) is 3. The van der Waals surface area contributed by atoms with Crippen LogP contribution in [0.3, 0.4) is 0 Å². The van der Waals surface area contributed by atoms with E-state index >= 15 is 0 Å². The van der Waals surface area contributed by atoms with Crippen LogP contribution in [0.15, 0.2) is 35.4 Å². The number of aromatic nitrogens is 4. The topological polar surface area (TPSA) is 151 Å². The van der Waals surface area contributed by atoms with Crippen molar-refractivity contribution in [2.24, 2.45) is 5.92 Å². The molecule has 0 spiro atoms. The Hall–Kier alpha value is -3.01. The van der Waals surface area contributed by atoms with Gasteiger partial charge in [0.1, 0.15) is 16.9 Å². The van der Waals surface area contributed by atoms with Gasteiger partial charge in [0.2, 0.25) is 5.88 Å². The number of hydrogen-bond acceptors (Lipinski definition) is 7. The number of nitrogens with one attached hydrogen (secondary N) is 1. The fourth-order valence-electron chi connectivity index (χ4n) is 3.96. The highest BCUT2D eigenvalue weighted by Crippen LogP contribution is 2.38. The van der Waals surface area contributed by atoms with E-state index in [1.165, 1.54) is 13.3 Å². The van der Waals surface area contributed by atoms with Gasteiger partial charge in [-0.3, -0.25) is 14.2 Å². The summed E-state index contributed by atoms with van der Waals surface area (Å²) in [7, 11) is -2.57. The number of ether oxygens (including phenoxy) is 1. The van der Waals surface area contributed by atoms with Crippen molar-refractivity contribution in [2.75, 3.05) is 31.3 Å². The molecule has 0 amide bonds. The van der Waals surface area contributed by atoms with Crippen LogP contribution in [0.1, 0.15) is 29.8 Å². The van der Waals surface area contributed by atoms with Gasteiger partial charge in [-0.15, -0.1) is 0 Å². The molecule has 1 aliphatic heterocycles. The van der Waals surface area contributed by atoms with E-state index in [0.717, 1.165) is 17.5 Å². The van der Waals surface area contributed by atoms with Crippen LogP contribution in [0.2, 0.25) is 0 Å². The van der Waals surface area contributed by atoms with Gasteiger partial charge >= 0.3 is 7.60 Å². The van der Waals surface area contributed by atoms with Gasteiger partial charge in [-0.2, -0.15) is 14.8 Å². The minimum atomic E-state index is -3.98. The number of carbonyl (C=O) groups is 1. The Kier molecular flexibility index (Phi) is 6.14. The van der Waals surface area contributed by atoms with Crippen LogP contribution in [-0.4, -0.2) is 61.8 Å². The highest BCUT2D eigenvalue weighted by molar-refractivity contribution is 7.51. The monoisotopic (exact) mass is 461 g/mol. The van der Waals surface area contributed by atoms with E-state index in [2.05, 4.69) is 15.1 Å². The summed E-state index contributed by atoms with van der Waals surface area (Å²) < 4.78 is 17.3. The van der Waals surface area contributed by atoms with Crippen LogP contribution in [-0.2, 0) is 4.57 Å². The first-order valence-corrected chi connectivity index (χ1v) is 12.0. The average molecular weight is 461 g/mol. The molecule has 4 rings (SSSR count). The van der Waals surface area contributed by atoms with Crippen LogP contribution < -0.4 is 15.2 Å². The second-order valence-electron chi connectivity index (χ2n) is 7.81. The van der Waals surface area contributed by atoms with Gasteiger partial charge in [0, 0.05) is 24.7 Å². The van der Waals surface area contributed by atoms with E-state index in [4.69, 9.17) is 14.5 Å². The third-order valence-electron chi connectivity index (χ3n) is 5.70. The predicted molar refractivity (Wildman–Crippen MR) is 117 cm³/mol. The van der Waals surface area contributed by atoms with Crippen LogP contribution in [0.25, 0.3) is 10.8 Å². The van der Waals surface area contributed by atoms with Gasteiger partial charge in [-0.25, -0.2) is 0 Å². The predicted octanol–water partition coefficient (Wildman–Crippen LogP) is 1.60. The molecule has 3 aromatic rings. The smallest absolute Gasteiger partial charge is 0.325 e. The molecule has 0 radical (unpaired) electrons. The zero-order chi connectivity index (χ0) is 22.9. The Balaban J connectivity index is 1.59. The summed E-state index contributed by atoms with van der Waals surface area (Å²) in [4.78, 5) is 53.1. The lowest BCUT2D eigenvalue weighted by Gasteiger charge is -2.33. The summed E-state index contributed by atoms with van der Waals surface area (Å²) in [6.07, 6.45) is 4.99. The molecule has 3 N–H and O–H groups in total. The van der Waals surface area contributed by atoms with Crippen LogP contribution in [0.5, 0.6) is 5.88 Å². The molecule has 170 valence electrons. The Bertz CT molecular complexity index is 1230. The highest BCUT2D eigenvalue weighted by Gasteiger charge is 2.25. The first kappa shape index (κ1) is 22.2. The number of nitrogens with zero attached hydrogens (tertiary/aromatic N) is 4. The summed E-state index contributed by atoms with van der Waals surface area (Å²) in [5, 5.41) is 4.72. The molecular formula is C20H24N5O6P. The van der Waals surface area contributed by atoms with Crippen molar-refractivity contribution in [3.05, 3.63) is 46.6 Å². The third-order valence-corrected chi connectivity index (χ3v) is 6.54. The number of rotatable bonds is 6. The zero-order valence-corrected chi connectivity index (χ0v) is 18.4. The molecule has 3 aromatic heterocycles. The van der Waals surface area contributed by atoms with Crippen molar-refractivity contribution in [3.63, 3.8) is 0 Å². The Morgan fingerprint density at radius 3 is 2.72 bits per heavy atom. The highest BCUT2D eigenvalue weighted by atomic mass is 31.2. The van der Waals surface area contributed by atoms with Crippen molar-refractivity contribution in [1.82, 2.24) is 19.7 Å². The van der Waals surface area contributed by atoms with E-state index in [0.29, 0.717) is 30.7 Å². The van der Waals surface area contributed by atoms with E-state index in [-0.39, 0.29) is 29.0 Å². The minimum absolute atomic E-state index is 0.0983. The first-order valence-electron chi connectivity index (χ1n) is 10.2. The quantitative estimate of drug-likeness (QED) is 0.465. The Labute approximate surface area is 183 Å². The molecule has 0 atom stereocenters. The number of carbonyl (C=O) groups excluding carboxylic acids is 1. The molecular weight excluding hydrogens is 437 g/mol. The number of methoxy groups -OCH3 is 1. The maximum atomic E-state index is 13.0. The number of anilines is 1. The lowest BCUT2D eigenvalue weighted by molar-refractivity contribution is 0.0935. The summed E-state index contributed by atoms with van der Waals surface area (Å²) in [6.45, 7) is 1.34. The molecule has 0 unspecified atom stereocenters. The summed E-state index contributed by atoms with van der Waals surface area (Å²) in [6, 6.07) is 4.96. The first-order chi connectivity index (χ1) is 15.3. The van der Waals surface area contributed by atoms with E-state index < -0.39 is 19.1 Å². The van der Waals surface area contributed by atoms with E-state index in [9.17, 15) is 14.2 Å².